The van der Waals surface area contributed by atoms with Crippen molar-refractivity contribution in [2.75, 3.05) is 6.16 Å². The monoisotopic (exact) mass is 424 g/mol. The molecule has 1 aromatic heterocycles. The molecule has 2 aromatic rings. The maximum Gasteiger partial charge on any atom is 0.417 e. The first-order valence-electron chi connectivity index (χ1n) is 7.49. The molecule has 0 amide bonds. The molecule has 1 heterocycles. The van der Waals surface area contributed by atoms with Crippen molar-refractivity contribution in [2.45, 2.75) is 19.5 Å². The highest BCUT2D eigenvalue weighted by Crippen LogP contribution is 2.47. The van der Waals surface area contributed by atoms with Gasteiger partial charge in [-0.2, -0.15) is 13.2 Å². The minimum absolute atomic E-state index is 0.0292. The van der Waals surface area contributed by atoms with Gasteiger partial charge in [-0.15, -0.1) is 10.1 Å². The molecule has 1 aromatic carbocycles. The van der Waals surface area contributed by atoms with E-state index < -0.39 is 24.2 Å². The predicted molar refractivity (Wildman–Crippen MR) is 91.2 cm³/mol. The van der Waals surface area contributed by atoms with Crippen molar-refractivity contribution in [3.8, 4) is 11.6 Å². The molecule has 0 saturated heterocycles. The number of halogens is 4. The summed E-state index contributed by atoms with van der Waals surface area (Å²) in [6.45, 7) is 1.68. The van der Waals surface area contributed by atoms with E-state index >= 15 is 0 Å². The second-order valence-corrected chi connectivity index (χ2v) is 8.19. The Balaban J connectivity index is 2.33. The van der Waals surface area contributed by atoms with Crippen LogP contribution in [0.3, 0.4) is 0 Å². The lowest BCUT2D eigenvalue weighted by Crippen LogP contribution is -2.13. The fraction of sp³-hybridized carbons (Fsp3) is 0.267. The third-order valence-electron chi connectivity index (χ3n) is 3.28. The van der Waals surface area contributed by atoms with E-state index in [2.05, 4.69) is 9.61 Å². The van der Waals surface area contributed by atoms with E-state index in [0.29, 0.717) is 18.7 Å². The average molecular weight is 425 g/mol. The second kappa shape index (κ2) is 8.14. The molecule has 7 nitrogen and oxygen atoms in total. The average Bonchev–Trinajstić information content (AvgIpc) is 2.55. The number of hydrogen-bond donors (Lipinski definition) is 0. The van der Waals surface area contributed by atoms with Crippen LogP contribution in [0.5, 0.6) is 11.6 Å². The van der Waals surface area contributed by atoms with Crippen LogP contribution in [-0.2, 0) is 15.4 Å². The Morgan fingerprint density at radius 3 is 2.59 bits per heavy atom. The molecule has 0 aliphatic carbocycles. The number of ether oxygens (including phenoxy) is 1. The van der Waals surface area contributed by atoms with E-state index in [9.17, 15) is 27.9 Å². The molecule has 12 heteroatoms. The quantitative estimate of drug-likeness (QED) is 0.350. The van der Waals surface area contributed by atoms with Crippen LogP contribution in [0.1, 0.15) is 18.9 Å². The smallest absolute Gasteiger partial charge is 0.417 e. The maximum atomic E-state index is 12.8. The fourth-order valence-electron chi connectivity index (χ4n) is 2.15. The second-order valence-electron chi connectivity index (χ2n) is 5.31. The van der Waals surface area contributed by atoms with Gasteiger partial charge in [0.1, 0.15) is 10.8 Å². The van der Waals surface area contributed by atoms with E-state index in [1.807, 2.05) is 0 Å². The zero-order valence-electron chi connectivity index (χ0n) is 13.8. The van der Waals surface area contributed by atoms with E-state index in [1.165, 1.54) is 24.3 Å². The summed E-state index contributed by atoms with van der Waals surface area (Å²) >= 11 is 5.78. The van der Waals surface area contributed by atoms with Gasteiger partial charge in [0.15, 0.2) is 0 Å². The highest BCUT2D eigenvalue weighted by molar-refractivity contribution is 7.66. The van der Waals surface area contributed by atoms with Gasteiger partial charge in [0, 0.05) is 17.7 Å². The van der Waals surface area contributed by atoms with Crippen molar-refractivity contribution in [3.05, 3.63) is 57.2 Å². The Labute approximate surface area is 156 Å². The van der Waals surface area contributed by atoms with Crippen LogP contribution >= 0.6 is 19.0 Å². The van der Waals surface area contributed by atoms with Crippen LogP contribution in [0.15, 0.2) is 36.5 Å². The highest BCUT2D eigenvalue weighted by atomic mass is 35.5. The van der Waals surface area contributed by atoms with Gasteiger partial charge in [0.25, 0.3) is 7.37 Å². The SMILES string of the molecule is CCCP(=O)(O[N+](=O)[O-])c1cccc(Oc2ncc(C(F)(F)F)cc2Cl)c1. The number of nitrogens with zero attached hydrogens (tertiary/aromatic N) is 2. The highest BCUT2D eigenvalue weighted by Gasteiger charge is 2.32. The molecule has 27 heavy (non-hydrogen) atoms. The van der Waals surface area contributed by atoms with E-state index in [1.54, 1.807) is 6.92 Å². The van der Waals surface area contributed by atoms with Gasteiger partial charge < -0.3 is 4.74 Å². The third kappa shape index (κ3) is 5.33. The Kier molecular flexibility index (Phi) is 6.33. The summed E-state index contributed by atoms with van der Waals surface area (Å²) in [5.74, 6) is -0.271. The van der Waals surface area contributed by atoms with Crippen molar-refractivity contribution in [3.63, 3.8) is 0 Å². The summed E-state index contributed by atoms with van der Waals surface area (Å²) in [6, 6.07) is 6.08. The van der Waals surface area contributed by atoms with Crippen molar-refractivity contribution in [2.24, 2.45) is 0 Å². The van der Waals surface area contributed by atoms with Gasteiger partial charge in [-0.25, -0.2) is 4.98 Å². The standard InChI is InChI=1S/C15H13ClF3N2O5P/c1-2-6-27(24,26-21(22)23)12-5-3-4-11(8-12)25-14-13(16)7-10(9-20-14)15(17,18)19/h3-5,7-9H,2,6H2,1H3. The lowest BCUT2D eigenvalue weighted by atomic mass is 10.3. The summed E-state index contributed by atoms with van der Waals surface area (Å²) in [7, 11) is -3.78. The number of pyridine rings is 1. The van der Waals surface area contributed by atoms with Crippen LogP contribution in [-0.4, -0.2) is 16.2 Å². The topological polar surface area (TPSA) is 91.6 Å². The third-order valence-corrected chi connectivity index (χ3v) is 6.05. The van der Waals surface area contributed by atoms with Crippen molar-refractivity contribution >= 4 is 24.3 Å². The summed E-state index contributed by atoms with van der Waals surface area (Å²) in [4.78, 5) is 14.2. The molecule has 1 unspecified atom stereocenters. The molecule has 0 aliphatic rings. The molecule has 0 radical (unpaired) electrons. The van der Waals surface area contributed by atoms with Gasteiger partial charge in [-0.3, -0.25) is 9.19 Å². The van der Waals surface area contributed by atoms with Crippen LogP contribution in [0.25, 0.3) is 0 Å². The van der Waals surface area contributed by atoms with Gasteiger partial charge in [-0.1, -0.05) is 24.6 Å². The first kappa shape index (κ1) is 21.0. The number of hydrogen-bond acceptors (Lipinski definition) is 6. The van der Waals surface area contributed by atoms with E-state index in [4.69, 9.17) is 16.3 Å². The largest absolute Gasteiger partial charge is 0.438 e. The van der Waals surface area contributed by atoms with Gasteiger partial charge in [-0.05, 0) is 30.7 Å². The normalized spacial score (nSPS) is 13.7. The molecule has 0 spiro atoms. The van der Waals surface area contributed by atoms with E-state index in [-0.39, 0.29) is 28.1 Å². The summed E-state index contributed by atoms with van der Waals surface area (Å²) in [6.07, 6.45) is -3.76. The summed E-state index contributed by atoms with van der Waals surface area (Å²) < 4.78 is 60.5. The minimum Gasteiger partial charge on any atom is -0.438 e. The van der Waals surface area contributed by atoms with E-state index in [0.717, 1.165) is 0 Å². The number of benzene rings is 1. The molecule has 146 valence electrons. The van der Waals surface area contributed by atoms with Crippen molar-refractivity contribution in [1.82, 2.24) is 4.98 Å². The van der Waals surface area contributed by atoms with Gasteiger partial charge in [0.05, 0.1) is 5.56 Å². The van der Waals surface area contributed by atoms with Gasteiger partial charge in [0.2, 0.25) is 5.88 Å². The predicted octanol–water partition coefficient (Wildman–Crippen LogP) is 5.07. The Morgan fingerprint density at radius 2 is 2.04 bits per heavy atom. The minimum atomic E-state index is -4.61. The number of aromatic nitrogens is 1. The molecular weight excluding hydrogens is 412 g/mol. The van der Waals surface area contributed by atoms with Crippen LogP contribution < -0.4 is 10.0 Å². The zero-order chi connectivity index (χ0) is 20.2. The van der Waals surface area contributed by atoms with Crippen LogP contribution in [0, 0.1) is 10.1 Å². The molecule has 0 bridgehead atoms. The molecule has 0 aliphatic heterocycles. The zero-order valence-corrected chi connectivity index (χ0v) is 15.4. The first-order valence-corrected chi connectivity index (χ1v) is 9.68. The van der Waals surface area contributed by atoms with Crippen molar-refractivity contribution in [1.29, 1.82) is 0 Å². The fourth-order valence-corrected chi connectivity index (χ4v) is 4.23. The van der Waals surface area contributed by atoms with Gasteiger partial charge >= 0.3 is 11.3 Å². The summed E-state index contributed by atoms with van der Waals surface area (Å²) in [5, 5.41) is 9.18. The lowest BCUT2D eigenvalue weighted by molar-refractivity contribution is -0.713. The molecule has 1 atom stereocenters. The lowest BCUT2D eigenvalue weighted by Gasteiger charge is -2.16. The Morgan fingerprint density at radius 1 is 1.33 bits per heavy atom. The molecule has 0 saturated carbocycles. The van der Waals surface area contributed by atoms with Crippen LogP contribution in [0.2, 0.25) is 5.02 Å². The van der Waals surface area contributed by atoms with Crippen molar-refractivity contribution < 1.29 is 32.2 Å². The maximum absolute atomic E-state index is 12.8. The Bertz CT molecular complexity index is 894. The molecule has 0 N–H and O–H groups in total. The first-order chi connectivity index (χ1) is 12.5. The summed E-state index contributed by atoms with van der Waals surface area (Å²) in [5.41, 5.74) is -1.04. The molecule has 2 rings (SSSR count). The van der Waals surface area contributed by atoms with Crippen LogP contribution in [0.4, 0.5) is 13.2 Å². The Hall–Kier alpha value is -2.32. The molecule has 0 fully saturated rings. The molecular formula is C15H13ClF3N2O5P. The number of rotatable bonds is 7. The number of alkyl halides is 3.